The van der Waals surface area contributed by atoms with Gasteiger partial charge in [0.25, 0.3) is 0 Å². The first-order valence-electron chi connectivity index (χ1n) is 10.0. The zero-order valence-corrected chi connectivity index (χ0v) is 15.7. The summed E-state index contributed by atoms with van der Waals surface area (Å²) in [5.41, 5.74) is -0.246. The highest BCUT2D eigenvalue weighted by atomic mass is 16.2. The molecule has 0 unspecified atom stereocenters. The lowest BCUT2D eigenvalue weighted by atomic mass is 9.74. The van der Waals surface area contributed by atoms with Crippen LogP contribution in [0.2, 0.25) is 0 Å². The minimum atomic E-state index is -0.246. The molecule has 138 valence electrons. The van der Waals surface area contributed by atoms with Crippen molar-refractivity contribution in [3.8, 4) is 0 Å². The minimum absolute atomic E-state index is 0.246. The third-order valence-electron chi connectivity index (χ3n) is 6.65. The van der Waals surface area contributed by atoms with Crippen molar-refractivity contribution < 1.29 is 4.79 Å². The minimum Gasteiger partial charge on any atom is -0.340 e. The summed E-state index contributed by atoms with van der Waals surface area (Å²) in [5, 5.41) is 9.02. The number of aromatic nitrogens is 3. The lowest BCUT2D eigenvalue weighted by Gasteiger charge is -2.49. The van der Waals surface area contributed by atoms with Crippen molar-refractivity contribution >= 4 is 5.91 Å². The molecule has 2 aliphatic heterocycles. The third kappa shape index (κ3) is 2.88. The van der Waals surface area contributed by atoms with E-state index in [2.05, 4.69) is 38.7 Å². The van der Waals surface area contributed by atoms with E-state index in [-0.39, 0.29) is 5.54 Å². The lowest BCUT2D eigenvalue weighted by molar-refractivity contribution is -0.150. The van der Waals surface area contributed by atoms with E-state index in [9.17, 15) is 4.79 Å². The van der Waals surface area contributed by atoms with Crippen LogP contribution in [0.1, 0.15) is 68.9 Å². The second kappa shape index (κ2) is 6.71. The standard InChI is InChI=1S/C19H31N5O/c1-22(2)19(10-7-11-19)18(25)23-12-6-8-15(14-23)17-21-20-16-9-4-3-5-13-24(16)17/h15H,3-14H2,1-2H3/t15-/m0/s1. The Hall–Kier alpha value is -1.43. The van der Waals surface area contributed by atoms with Crippen molar-refractivity contribution in [2.45, 2.75) is 75.8 Å². The number of fused-ring (bicyclic) bond motifs is 1. The Morgan fingerprint density at radius 2 is 1.92 bits per heavy atom. The number of likely N-dealkylation sites (tertiary alicyclic amines) is 1. The number of amides is 1. The maximum atomic E-state index is 13.2. The van der Waals surface area contributed by atoms with Crippen LogP contribution >= 0.6 is 0 Å². The maximum absolute atomic E-state index is 13.2. The number of carbonyl (C=O) groups is 1. The van der Waals surface area contributed by atoms with Crippen LogP contribution in [0, 0.1) is 0 Å². The molecule has 1 amide bonds. The van der Waals surface area contributed by atoms with Gasteiger partial charge in [-0.25, -0.2) is 0 Å². The molecule has 2 fully saturated rings. The van der Waals surface area contributed by atoms with Gasteiger partial charge >= 0.3 is 0 Å². The molecule has 4 rings (SSSR count). The molecule has 6 nitrogen and oxygen atoms in total. The number of hydrogen-bond acceptors (Lipinski definition) is 4. The summed E-state index contributed by atoms with van der Waals surface area (Å²) in [6.07, 6.45) is 10.1. The lowest BCUT2D eigenvalue weighted by Crippen LogP contribution is -2.62. The van der Waals surface area contributed by atoms with Crippen LogP contribution in [0.25, 0.3) is 0 Å². The summed E-state index contributed by atoms with van der Waals surface area (Å²) < 4.78 is 2.36. The van der Waals surface area contributed by atoms with Gasteiger partial charge in [0.05, 0.1) is 0 Å². The van der Waals surface area contributed by atoms with Gasteiger partial charge in [-0.1, -0.05) is 6.42 Å². The van der Waals surface area contributed by atoms with Crippen LogP contribution in [0.5, 0.6) is 0 Å². The molecule has 1 saturated heterocycles. The Labute approximate surface area is 150 Å². The number of likely N-dealkylation sites (N-methyl/N-ethyl adjacent to an activating group) is 1. The molecule has 0 radical (unpaired) electrons. The molecule has 6 heteroatoms. The Bertz CT molecular complexity index is 634. The van der Waals surface area contributed by atoms with Crippen LogP contribution in [-0.4, -0.2) is 63.2 Å². The maximum Gasteiger partial charge on any atom is 0.243 e. The fraction of sp³-hybridized carbons (Fsp3) is 0.842. The fourth-order valence-electron chi connectivity index (χ4n) is 4.84. The van der Waals surface area contributed by atoms with Gasteiger partial charge in [0.15, 0.2) is 0 Å². The first-order chi connectivity index (χ1) is 12.1. The summed E-state index contributed by atoms with van der Waals surface area (Å²) in [6.45, 7) is 2.75. The van der Waals surface area contributed by atoms with Crippen LogP contribution in [0.4, 0.5) is 0 Å². The number of piperidine rings is 1. The van der Waals surface area contributed by atoms with Gasteiger partial charge < -0.3 is 9.47 Å². The van der Waals surface area contributed by atoms with E-state index in [0.717, 1.165) is 63.4 Å². The highest BCUT2D eigenvalue weighted by Crippen LogP contribution is 2.39. The molecule has 1 aromatic heterocycles. The van der Waals surface area contributed by atoms with Gasteiger partial charge in [0, 0.05) is 32.0 Å². The number of hydrogen-bond donors (Lipinski definition) is 0. The molecular formula is C19H31N5O. The number of rotatable bonds is 3. The SMILES string of the molecule is CN(C)C1(C(=O)N2CCC[C@H](c3nnc4n3CCCCC4)C2)CCC1. The predicted octanol–water partition coefficient (Wildman–Crippen LogP) is 2.19. The second-order valence-corrected chi connectivity index (χ2v) is 8.31. The van der Waals surface area contributed by atoms with Crippen LogP contribution in [-0.2, 0) is 17.8 Å². The molecule has 0 spiro atoms. The van der Waals surface area contributed by atoms with Crippen molar-refractivity contribution in [1.82, 2.24) is 24.6 Å². The highest BCUT2D eigenvalue weighted by molar-refractivity contribution is 5.87. The molecular weight excluding hydrogens is 314 g/mol. The predicted molar refractivity (Wildman–Crippen MR) is 96.4 cm³/mol. The monoisotopic (exact) mass is 345 g/mol. The van der Waals surface area contributed by atoms with E-state index in [1.54, 1.807) is 0 Å². The molecule has 1 saturated carbocycles. The van der Waals surface area contributed by atoms with E-state index in [0.29, 0.717) is 11.8 Å². The normalized spacial score (nSPS) is 26.0. The molecule has 1 aliphatic carbocycles. The third-order valence-corrected chi connectivity index (χ3v) is 6.65. The van der Waals surface area contributed by atoms with Gasteiger partial charge in [0.2, 0.25) is 5.91 Å². The summed E-state index contributed by atoms with van der Waals surface area (Å²) in [5.74, 6) is 2.96. The van der Waals surface area contributed by atoms with E-state index in [4.69, 9.17) is 0 Å². The van der Waals surface area contributed by atoms with Crippen LogP contribution < -0.4 is 0 Å². The van der Waals surface area contributed by atoms with Gasteiger partial charge in [-0.2, -0.15) is 0 Å². The molecule has 0 bridgehead atoms. The average Bonchev–Trinajstić information content (AvgIpc) is 2.82. The molecule has 1 aromatic rings. The first-order valence-corrected chi connectivity index (χ1v) is 10.0. The Morgan fingerprint density at radius 3 is 2.64 bits per heavy atom. The van der Waals surface area contributed by atoms with Crippen molar-refractivity contribution in [2.75, 3.05) is 27.2 Å². The van der Waals surface area contributed by atoms with Crippen LogP contribution in [0.3, 0.4) is 0 Å². The molecule has 0 N–H and O–H groups in total. The Morgan fingerprint density at radius 1 is 1.08 bits per heavy atom. The zero-order chi connectivity index (χ0) is 17.4. The zero-order valence-electron chi connectivity index (χ0n) is 15.7. The summed E-state index contributed by atoms with van der Waals surface area (Å²) in [4.78, 5) is 17.5. The van der Waals surface area contributed by atoms with E-state index < -0.39 is 0 Å². The highest BCUT2D eigenvalue weighted by Gasteiger charge is 2.48. The second-order valence-electron chi connectivity index (χ2n) is 8.31. The van der Waals surface area contributed by atoms with Gasteiger partial charge in [-0.3, -0.25) is 9.69 Å². The molecule has 3 heterocycles. The number of carbonyl (C=O) groups excluding carboxylic acids is 1. The largest absolute Gasteiger partial charge is 0.340 e. The molecule has 1 atom stereocenters. The Balaban J connectivity index is 1.52. The van der Waals surface area contributed by atoms with Crippen molar-refractivity contribution in [1.29, 1.82) is 0 Å². The number of nitrogens with zero attached hydrogens (tertiary/aromatic N) is 5. The van der Waals surface area contributed by atoms with E-state index in [1.807, 2.05) is 0 Å². The molecule has 25 heavy (non-hydrogen) atoms. The average molecular weight is 345 g/mol. The molecule has 0 aromatic carbocycles. The van der Waals surface area contributed by atoms with Crippen molar-refractivity contribution in [3.05, 3.63) is 11.6 Å². The van der Waals surface area contributed by atoms with Crippen molar-refractivity contribution in [3.63, 3.8) is 0 Å². The van der Waals surface area contributed by atoms with Crippen LogP contribution in [0.15, 0.2) is 0 Å². The summed E-state index contributed by atoms with van der Waals surface area (Å²) >= 11 is 0. The van der Waals surface area contributed by atoms with Crippen molar-refractivity contribution in [2.24, 2.45) is 0 Å². The van der Waals surface area contributed by atoms with Gasteiger partial charge in [-0.05, 0) is 59.0 Å². The van der Waals surface area contributed by atoms with Gasteiger partial charge in [-0.15, -0.1) is 10.2 Å². The first kappa shape index (κ1) is 17.0. The summed E-state index contributed by atoms with van der Waals surface area (Å²) in [7, 11) is 4.10. The van der Waals surface area contributed by atoms with E-state index in [1.165, 1.54) is 25.7 Å². The van der Waals surface area contributed by atoms with E-state index >= 15 is 0 Å². The molecule has 3 aliphatic rings. The summed E-state index contributed by atoms with van der Waals surface area (Å²) in [6, 6.07) is 0. The fourth-order valence-corrected chi connectivity index (χ4v) is 4.84. The topological polar surface area (TPSA) is 54.3 Å². The quantitative estimate of drug-likeness (QED) is 0.843. The van der Waals surface area contributed by atoms with Gasteiger partial charge in [0.1, 0.15) is 17.2 Å². The smallest absolute Gasteiger partial charge is 0.243 e. The number of aryl methyl sites for hydroxylation is 1. The Kier molecular flexibility index (Phi) is 4.56.